The van der Waals surface area contributed by atoms with Crippen molar-refractivity contribution in [2.45, 2.75) is 36.2 Å². The molecule has 1 aromatic rings. The Hall–Kier alpha value is -0.950. The molecule has 0 amide bonds. The van der Waals surface area contributed by atoms with Gasteiger partial charge in [0.1, 0.15) is 0 Å². The molecule has 0 saturated heterocycles. The third-order valence-electron chi connectivity index (χ3n) is 3.39. The minimum absolute atomic E-state index is 0.134. The summed E-state index contributed by atoms with van der Waals surface area (Å²) in [6.07, 6.45) is 2.69. The Labute approximate surface area is 120 Å². The van der Waals surface area contributed by atoms with Crippen LogP contribution in [0.5, 0.6) is 0 Å². The Kier molecular flexibility index (Phi) is 5.15. The van der Waals surface area contributed by atoms with Gasteiger partial charge < -0.3 is 10.1 Å². The van der Waals surface area contributed by atoms with Crippen molar-refractivity contribution < 1.29 is 13.2 Å². The number of rotatable bonds is 8. The van der Waals surface area contributed by atoms with Gasteiger partial charge in [-0.15, -0.1) is 0 Å². The van der Waals surface area contributed by atoms with E-state index >= 15 is 0 Å². The third-order valence-corrected chi connectivity index (χ3v) is 4.93. The summed E-state index contributed by atoms with van der Waals surface area (Å²) >= 11 is 0. The molecule has 1 atom stereocenters. The van der Waals surface area contributed by atoms with Crippen molar-refractivity contribution in [3.8, 4) is 0 Å². The molecule has 0 bridgehead atoms. The van der Waals surface area contributed by atoms with Crippen LogP contribution >= 0.6 is 0 Å². The summed E-state index contributed by atoms with van der Waals surface area (Å²) in [7, 11) is 0.213. The lowest BCUT2D eigenvalue weighted by Crippen LogP contribution is -2.32. The quantitative estimate of drug-likeness (QED) is 0.748. The van der Waals surface area contributed by atoms with Crippen LogP contribution in [0.1, 0.15) is 18.4 Å². The highest BCUT2D eigenvalue weighted by Crippen LogP contribution is 2.22. The summed E-state index contributed by atoms with van der Waals surface area (Å²) in [4.78, 5) is 0.334. The van der Waals surface area contributed by atoms with E-state index in [2.05, 4.69) is 10.0 Å². The van der Waals surface area contributed by atoms with E-state index in [-0.39, 0.29) is 12.1 Å². The number of hydrogen-bond acceptors (Lipinski definition) is 4. The van der Waals surface area contributed by atoms with Gasteiger partial charge in [0.05, 0.1) is 11.5 Å². The highest BCUT2D eigenvalue weighted by atomic mass is 32.2. The molecule has 0 radical (unpaired) electrons. The smallest absolute Gasteiger partial charge is 0.240 e. The van der Waals surface area contributed by atoms with E-state index in [1.165, 1.54) is 0 Å². The number of sulfonamides is 1. The topological polar surface area (TPSA) is 67.4 Å². The fraction of sp³-hybridized carbons (Fsp3) is 0.571. The molecule has 2 N–H and O–H groups in total. The van der Waals surface area contributed by atoms with Gasteiger partial charge in [0.25, 0.3) is 0 Å². The van der Waals surface area contributed by atoms with Crippen LogP contribution in [0.15, 0.2) is 29.2 Å². The predicted molar refractivity (Wildman–Crippen MR) is 78.2 cm³/mol. The minimum Gasteiger partial charge on any atom is -0.383 e. The van der Waals surface area contributed by atoms with Crippen LogP contribution in [0.2, 0.25) is 0 Å². The van der Waals surface area contributed by atoms with Crippen molar-refractivity contribution in [3.05, 3.63) is 29.8 Å². The summed E-state index contributed by atoms with van der Waals surface area (Å²) in [5, 5.41) is 3.18. The minimum atomic E-state index is -3.35. The van der Waals surface area contributed by atoms with Crippen molar-refractivity contribution in [1.29, 1.82) is 0 Å². The highest BCUT2D eigenvalue weighted by Gasteiger charge is 2.27. The normalized spacial score (nSPS) is 17.1. The Morgan fingerprint density at radius 1 is 1.30 bits per heavy atom. The van der Waals surface area contributed by atoms with Crippen molar-refractivity contribution in [2.24, 2.45) is 0 Å². The molecule has 112 valence electrons. The molecule has 1 fully saturated rings. The zero-order valence-electron chi connectivity index (χ0n) is 11.9. The van der Waals surface area contributed by atoms with Gasteiger partial charge in [-0.1, -0.05) is 12.1 Å². The van der Waals surface area contributed by atoms with Crippen LogP contribution < -0.4 is 10.0 Å². The van der Waals surface area contributed by atoms with Gasteiger partial charge in [-0.3, -0.25) is 0 Å². The van der Waals surface area contributed by atoms with Crippen molar-refractivity contribution in [2.75, 3.05) is 20.8 Å². The third kappa shape index (κ3) is 4.28. The van der Waals surface area contributed by atoms with E-state index in [1.54, 1.807) is 19.2 Å². The molecule has 0 heterocycles. The molecule has 5 nitrogen and oxygen atoms in total. The molecule has 6 heteroatoms. The Bertz CT molecular complexity index is 524. The summed E-state index contributed by atoms with van der Waals surface area (Å²) < 4.78 is 31.9. The van der Waals surface area contributed by atoms with Crippen LogP contribution in [-0.4, -0.2) is 41.3 Å². The molecule has 1 aliphatic rings. The van der Waals surface area contributed by atoms with Crippen molar-refractivity contribution >= 4 is 10.0 Å². The number of benzene rings is 1. The first-order valence-electron chi connectivity index (χ1n) is 6.82. The van der Waals surface area contributed by atoms with E-state index in [4.69, 9.17) is 4.74 Å². The van der Waals surface area contributed by atoms with E-state index in [0.29, 0.717) is 11.5 Å². The van der Waals surface area contributed by atoms with E-state index in [1.807, 2.05) is 19.2 Å². The molecular formula is C14H22N2O3S. The molecule has 1 aliphatic carbocycles. The Balaban J connectivity index is 2.01. The molecule has 20 heavy (non-hydrogen) atoms. The van der Waals surface area contributed by atoms with Gasteiger partial charge in [0.2, 0.25) is 10.0 Å². The van der Waals surface area contributed by atoms with Gasteiger partial charge in [-0.25, -0.2) is 13.1 Å². The lowest BCUT2D eigenvalue weighted by Gasteiger charge is -2.15. The van der Waals surface area contributed by atoms with Crippen LogP contribution in [0.4, 0.5) is 0 Å². The number of likely N-dealkylation sites (N-methyl/N-ethyl adjacent to an activating group) is 1. The second-order valence-corrected chi connectivity index (χ2v) is 6.90. The summed E-state index contributed by atoms with van der Waals surface area (Å²) in [6.45, 7) is 0.625. The molecule has 0 spiro atoms. The first-order valence-corrected chi connectivity index (χ1v) is 8.31. The first kappa shape index (κ1) is 15.4. The van der Waals surface area contributed by atoms with Gasteiger partial charge in [-0.2, -0.15) is 0 Å². The largest absolute Gasteiger partial charge is 0.383 e. The Morgan fingerprint density at radius 2 is 1.95 bits per heavy atom. The number of ether oxygens (including phenoxy) is 1. The summed E-state index contributed by atoms with van der Waals surface area (Å²) in [5.74, 6) is 0. The van der Waals surface area contributed by atoms with Crippen molar-refractivity contribution in [3.63, 3.8) is 0 Å². The second-order valence-electron chi connectivity index (χ2n) is 5.18. The highest BCUT2D eigenvalue weighted by molar-refractivity contribution is 7.89. The standard InChI is InChI=1S/C14H22N2O3S/c1-15-13(10-19-2)9-11-3-7-14(8-4-11)20(17,18)16-12-5-6-12/h3-4,7-8,12-13,15-16H,5-6,9-10H2,1-2H3. The van der Waals surface area contributed by atoms with Crippen LogP contribution in [-0.2, 0) is 21.2 Å². The molecule has 1 saturated carbocycles. The summed E-state index contributed by atoms with van der Waals surface area (Å²) in [6, 6.07) is 7.42. The van der Waals surface area contributed by atoms with E-state index in [9.17, 15) is 8.42 Å². The lowest BCUT2D eigenvalue weighted by atomic mass is 10.1. The van der Waals surface area contributed by atoms with Gasteiger partial charge >= 0.3 is 0 Å². The maximum atomic E-state index is 12.0. The Morgan fingerprint density at radius 3 is 2.45 bits per heavy atom. The maximum absolute atomic E-state index is 12.0. The van der Waals surface area contributed by atoms with Gasteiger partial charge in [-0.05, 0) is 44.0 Å². The number of methoxy groups -OCH3 is 1. The fourth-order valence-corrected chi connectivity index (χ4v) is 3.33. The second kappa shape index (κ2) is 6.67. The van der Waals surface area contributed by atoms with Gasteiger partial charge in [0.15, 0.2) is 0 Å². The van der Waals surface area contributed by atoms with E-state index < -0.39 is 10.0 Å². The van der Waals surface area contributed by atoms with Crippen molar-refractivity contribution in [1.82, 2.24) is 10.0 Å². The predicted octanol–water partition coefficient (Wildman–Crippen LogP) is 0.904. The SMILES string of the molecule is CNC(COC)Cc1ccc(S(=O)(=O)NC2CC2)cc1. The molecule has 0 aliphatic heterocycles. The average molecular weight is 298 g/mol. The number of hydrogen-bond donors (Lipinski definition) is 2. The molecule has 1 unspecified atom stereocenters. The fourth-order valence-electron chi connectivity index (χ4n) is 2.02. The molecule has 0 aromatic heterocycles. The lowest BCUT2D eigenvalue weighted by molar-refractivity contribution is 0.169. The summed E-state index contributed by atoms with van der Waals surface area (Å²) in [5.41, 5.74) is 1.09. The first-order chi connectivity index (χ1) is 9.55. The monoisotopic (exact) mass is 298 g/mol. The van der Waals surface area contributed by atoms with E-state index in [0.717, 1.165) is 24.8 Å². The molecular weight excluding hydrogens is 276 g/mol. The maximum Gasteiger partial charge on any atom is 0.240 e. The van der Waals surface area contributed by atoms with Crippen LogP contribution in [0, 0.1) is 0 Å². The zero-order chi connectivity index (χ0) is 14.6. The average Bonchev–Trinajstić information content (AvgIpc) is 3.22. The van der Waals surface area contributed by atoms with Crippen LogP contribution in [0.25, 0.3) is 0 Å². The van der Waals surface area contributed by atoms with Gasteiger partial charge in [0, 0.05) is 19.2 Å². The molecule has 2 rings (SSSR count). The van der Waals surface area contributed by atoms with Crippen LogP contribution in [0.3, 0.4) is 0 Å². The number of nitrogens with one attached hydrogen (secondary N) is 2. The zero-order valence-corrected chi connectivity index (χ0v) is 12.7. The molecule has 1 aromatic carbocycles.